The molecule has 0 aliphatic heterocycles. The molecule has 1 aromatic carbocycles. The first-order valence-electron chi connectivity index (χ1n) is 5.77. The van der Waals surface area contributed by atoms with E-state index >= 15 is 0 Å². The largest absolute Gasteiger partial charge is 0.321 e. The van der Waals surface area contributed by atoms with Crippen LogP contribution in [0.3, 0.4) is 0 Å². The molecule has 0 unspecified atom stereocenters. The Hall–Kier alpha value is -1.20. The molecule has 0 aliphatic rings. The molecule has 98 valence electrons. The number of aryl methyl sites for hydroxylation is 1. The van der Waals surface area contributed by atoms with Gasteiger partial charge in [-0.15, -0.1) is 0 Å². The molecule has 1 heterocycles. The van der Waals surface area contributed by atoms with Crippen LogP contribution in [0.1, 0.15) is 16.1 Å². The lowest BCUT2D eigenvalue weighted by Gasteiger charge is -2.06. The van der Waals surface area contributed by atoms with E-state index in [0.29, 0.717) is 10.2 Å². The van der Waals surface area contributed by atoms with Gasteiger partial charge in [0.1, 0.15) is 5.69 Å². The molecule has 0 fully saturated rings. The van der Waals surface area contributed by atoms with E-state index in [9.17, 15) is 4.79 Å². The van der Waals surface area contributed by atoms with Crippen molar-refractivity contribution >= 4 is 43.5 Å². The number of anilines is 1. The Morgan fingerprint density at radius 1 is 1.21 bits per heavy atom. The van der Waals surface area contributed by atoms with Gasteiger partial charge < -0.3 is 5.32 Å². The highest BCUT2D eigenvalue weighted by Crippen LogP contribution is 2.16. The van der Waals surface area contributed by atoms with Gasteiger partial charge in [0.05, 0.1) is 0 Å². The third-order valence-corrected chi connectivity index (χ3v) is 3.60. The zero-order valence-corrected chi connectivity index (χ0v) is 13.2. The standard InChI is InChI=1S/C14H12Br2N2O/c15-8-7-10-3-5-11(6-4-10)18-14(19)13-12(16)2-1-9-17-13/h1-6,9H,7-8H2,(H,18,19). The van der Waals surface area contributed by atoms with Crippen LogP contribution in [0.5, 0.6) is 0 Å². The van der Waals surface area contributed by atoms with Crippen molar-refractivity contribution in [2.24, 2.45) is 0 Å². The number of pyridine rings is 1. The first-order chi connectivity index (χ1) is 9.20. The molecule has 19 heavy (non-hydrogen) atoms. The van der Waals surface area contributed by atoms with E-state index in [1.165, 1.54) is 5.56 Å². The highest BCUT2D eigenvalue weighted by Gasteiger charge is 2.10. The fourth-order valence-electron chi connectivity index (χ4n) is 1.61. The highest BCUT2D eigenvalue weighted by atomic mass is 79.9. The number of carbonyl (C=O) groups excluding carboxylic acids is 1. The Labute approximate surface area is 128 Å². The van der Waals surface area contributed by atoms with Gasteiger partial charge in [-0.2, -0.15) is 0 Å². The predicted molar refractivity (Wildman–Crippen MR) is 83.8 cm³/mol. The highest BCUT2D eigenvalue weighted by molar-refractivity contribution is 9.10. The fourth-order valence-corrected chi connectivity index (χ4v) is 2.50. The lowest BCUT2D eigenvalue weighted by atomic mass is 10.1. The van der Waals surface area contributed by atoms with Gasteiger partial charge in [-0.25, -0.2) is 4.98 Å². The molecule has 0 aliphatic carbocycles. The SMILES string of the molecule is O=C(Nc1ccc(CCBr)cc1)c1ncccc1Br. The van der Waals surface area contributed by atoms with E-state index in [2.05, 4.69) is 42.2 Å². The summed E-state index contributed by atoms with van der Waals surface area (Å²) in [6, 6.07) is 11.4. The average molecular weight is 384 g/mol. The van der Waals surface area contributed by atoms with Crippen LogP contribution in [-0.2, 0) is 6.42 Å². The third-order valence-electron chi connectivity index (χ3n) is 2.57. The number of carbonyl (C=O) groups is 1. The molecule has 0 radical (unpaired) electrons. The Morgan fingerprint density at radius 3 is 2.58 bits per heavy atom. The maximum absolute atomic E-state index is 12.0. The number of benzene rings is 1. The normalized spacial score (nSPS) is 10.2. The first kappa shape index (κ1) is 14.2. The zero-order chi connectivity index (χ0) is 13.7. The van der Waals surface area contributed by atoms with E-state index in [1.54, 1.807) is 18.3 Å². The molecule has 1 N–H and O–H groups in total. The second-order valence-electron chi connectivity index (χ2n) is 3.92. The molecule has 2 rings (SSSR count). The van der Waals surface area contributed by atoms with Crippen molar-refractivity contribution < 1.29 is 4.79 Å². The smallest absolute Gasteiger partial charge is 0.275 e. The maximum atomic E-state index is 12.0. The molecule has 3 nitrogen and oxygen atoms in total. The minimum Gasteiger partial charge on any atom is -0.321 e. The summed E-state index contributed by atoms with van der Waals surface area (Å²) < 4.78 is 0.684. The molecule has 1 amide bonds. The van der Waals surface area contributed by atoms with Crippen LogP contribution in [-0.4, -0.2) is 16.2 Å². The van der Waals surface area contributed by atoms with Crippen LogP contribution in [0.25, 0.3) is 0 Å². The topological polar surface area (TPSA) is 42.0 Å². The van der Waals surface area contributed by atoms with Gasteiger partial charge in [-0.05, 0) is 52.2 Å². The summed E-state index contributed by atoms with van der Waals surface area (Å²) in [5.74, 6) is -0.222. The lowest BCUT2D eigenvalue weighted by Crippen LogP contribution is -2.14. The second-order valence-corrected chi connectivity index (χ2v) is 5.57. The van der Waals surface area contributed by atoms with Gasteiger partial charge in [0.15, 0.2) is 0 Å². The van der Waals surface area contributed by atoms with E-state index in [4.69, 9.17) is 0 Å². The summed E-state index contributed by atoms with van der Waals surface area (Å²) in [5.41, 5.74) is 2.38. The number of nitrogens with zero attached hydrogens (tertiary/aromatic N) is 1. The zero-order valence-electron chi connectivity index (χ0n) is 10.1. The first-order valence-corrected chi connectivity index (χ1v) is 7.69. The molecule has 0 atom stereocenters. The van der Waals surface area contributed by atoms with Crippen LogP contribution in [0.15, 0.2) is 47.1 Å². The quantitative estimate of drug-likeness (QED) is 0.809. The van der Waals surface area contributed by atoms with Crippen molar-refractivity contribution in [3.05, 3.63) is 58.3 Å². The average Bonchev–Trinajstić information content (AvgIpc) is 2.42. The summed E-state index contributed by atoms with van der Waals surface area (Å²) >= 11 is 6.71. The van der Waals surface area contributed by atoms with E-state index in [-0.39, 0.29) is 5.91 Å². The molecule has 0 saturated carbocycles. The maximum Gasteiger partial charge on any atom is 0.275 e. The van der Waals surface area contributed by atoms with E-state index in [0.717, 1.165) is 17.4 Å². The number of rotatable bonds is 4. The van der Waals surface area contributed by atoms with Crippen molar-refractivity contribution in [1.29, 1.82) is 0 Å². The summed E-state index contributed by atoms with van der Waals surface area (Å²) in [7, 11) is 0. The van der Waals surface area contributed by atoms with Crippen LogP contribution < -0.4 is 5.32 Å². The molecular formula is C14H12Br2N2O. The number of nitrogens with one attached hydrogen (secondary N) is 1. The Morgan fingerprint density at radius 2 is 1.95 bits per heavy atom. The number of alkyl halides is 1. The number of halogens is 2. The number of hydrogen-bond acceptors (Lipinski definition) is 2. The van der Waals surface area contributed by atoms with Crippen molar-refractivity contribution in [2.45, 2.75) is 6.42 Å². The summed E-state index contributed by atoms with van der Waals surface area (Å²) in [6.07, 6.45) is 2.57. The van der Waals surface area contributed by atoms with Crippen LogP contribution in [0.2, 0.25) is 0 Å². The van der Waals surface area contributed by atoms with Gasteiger partial charge >= 0.3 is 0 Å². The lowest BCUT2D eigenvalue weighted by molar-refractivity contribution is 0.102. The van der Waals surface area contributed by atoms with Crippen LogP contribution in [0.4, 0.5) is 5.69 Å². The molecule has 0 bridgehead atoms. The van der Waals surface area contributed by atoms with Crippen molar-refractivity contribution in [3.63, 3.8) is 0 Å². The molecule has 5 heteroatoms. The third kappa shape index (κ3) is 3.88. The summed E-state index contributed by atoms with van der Waals surface area (Å²) in [6.45, 7) is 0. The summed E-state index contributed by atoms with van der Waals surface area (Å²) in [4.78, 5) is 16.1. The second kappa shape index (κ2) is 6.82. The number of amides is 1. The van der Waals surface area contributed by atoms with Gasteiger partial charge in [0.25, 0.3) is 5.91 Å². The minimum absolute atomic E-state index is 0.222. The monoisotopic (exact) mass is 382 g/mol. The molecular weight excluding hydrogens is 372 g/mol. The summed E-state index contributed by atoms with van der Waals surface area (Å²) in [5, 5.41) is 3.76. The molecule has 0 saturated heterocycles. The fraction of sp³-hybridized carbons (Fsp3) is 0.143. The van der Waals surface area contributed by atoms with Gasteiger partial charge in [-0.1, -0.05) is 28.1 Å². The molecule has 1 aromatic heterocycles. The minimum atomic E-state index is -0.222. The van der Waals surface area contributed by atoms with Gasteiger partial charge in [0.2, 0.25) is 0 Å². The predicted octanol–water partition coefficient (Wildman–Crippen LogP) is 4.03. The van der Waals surface area contributed by atoms with Crippen molar-refractivity contribution in [1.82, 2.24) is 4.98 Å². The van der Waals surface area contributed by atoms with E-state index in [1.807, 2.05) is 24.3 Å². The Bertz CT molecular complexity index is 570. The van der Waals surface area contributed by atoms with E-state index < -0.39 is 0 Å². The van der Waals surface area contributed by atoms with Crippen molar-refractivity contribution in [2.75, 3.05) is 10.6 Å². The molecule has 0 spiro atoms. The van der Waals surface area contributed by atoms with Crippen molar-refractivity contribution in [3.8, 4) is 0 Å². The van der Waals surface area contributed by atoms with Gasteiger partial charge in [-0.3, -0.25) is 4.79 Å². The number of aromatic nitrogens is 1. The van der Waals surface area contributed by atoms with Crippen LogP contribution in [0, 0.1) is 0 Å². The molecule has 2 aromatic rings. The van der Waals surface area contributed by atoms with Gasteiger partial charge in [0, 0.05) is 21.7 Å². The Balaban J connectivity index is 2.09. The Kier molecular flexibility index (Phi) is 5.10. The number of hydrogen-bond donors (Lipinski definition) is 1. The van der Waals surface area contributed by atoms with Crippen LogP contribution >= 0.6 is 31.9 Å².